The number of nitrogens with zero attached hydrogens (tertiary/aromatic N) is 4. The van der Waals surface area contributed by atoms with Crippen LogP contribution < -0.4 is 0 Å². The van der Waals surface area contributed by atoms with Crippen LogP contribution in [-0.4, -0.2) is 59.1 Å². The lowest BCUT2D eigenvalue weighted by atomic mass is 9.78. The summed E-state index contributed by atoms with van der Waals surface area (Å²) < 4.78 is 20.6. The number of hydrogen-bond donors (Lipinski definition) is 0. The van der Waals surface area contributed by atoms with Crippen molar-refractivity contribution in [3.05, 3.63) is 11.8 Å². The fraction of sp³-hybridized carbons (Fsp3) is 0.600. The lowest BCUT2D eigenvalue weighted by Gasteiger charge is -2.27. The molecule has 0 aromatic carbocycles. The van der Waals surface area contributed by atoms with Crippen LogP contribution in [0, 0.1) is 5.41 Å². The summed E-state index contributed by atoms with van der Waals surface area (Å²) in [6.07, 6.45) is 4.17. The summed E-state index contributed by atoms with van der Waals surface area (Å²) in [4.78, 5) is 25.1. The summed E-state index contributed by atoms with van der Waals surface area (Å²) in [6.45, 7) is 0. The van der Waals surface area contributed by atoms with Crippen molar-refractivity contribution in [3.8, 4) is 0 Å². The topological polar surface area (TPSA) is 130 Å². The maximum absolute atomic E-state index is 12.5. The second kappa shape index (κ2) is 9.74. The monoisotopic (exact) mass is 416 g/mol. The summed E-state index contributed by atoms with van der Waals surface area (Å²) in [5.74, 6) is -0.773. The van der Waals surface area contributed by atoms with Crippen molar-refractivity contribution in [1.82, 2.24) is 20.4 Å². The highest BCUT2D eigenvalue weighted by atomic mass is 32.2. The SMILES string of the molecule is COC(=O)C(CCc1nnc(SC)o1)(CCc1nnc(SC)o1)C(=O)OC. The van der Waals surface area contributed by atoms with Gasteiger partial charge in [-0.2, -0.15) is 0 Å². The molecule has 0 radical (unpaired) electrons. The predicted molar refractivity (Wildman–Crippen MR) is 95.3 cm³/mol. The predicted octanol–water partition coefficient (Wildman–Crippen LogP) is 1.79. The number of rotatable bonds is 10. The van der Waals surface area contributed by atoms with Gasteiger partial charge >= 0.3 is 11.9 Å². The first kappa shape index (κ1) is 21.2. The molecule has 2 heterocycles. The Balaban J connectivity index is 2.21. The number of carbonyl (C=O) groups excluding carboxylic acids is 2. The normalized spacial score (nSPS) is 11.4. The van der Waals surface area contributed by atoms with Gasteiger partial charge in [0.1, 0.15) is 0 Å². The molecule has 0 N–H and O–H groups in total. The zero-order valence-corrected chi connectivity index (χ0v) is 17.0. The molecule has 2 rings (SSSR count). The van der Waals surface area contributed by atoms with Gasteiger partial charge in [-0.3, -0.25) is 9.59 Å². The smallest absolute Gasteiger partial charge is 0.323 e. The van der Waals surface area contributed by atoms with Gasteiger partial charge in [-0.05, 0) is 25.4 Å². The van der Waals surface area contributed by atoms with Crippen LogP contribution in [0.15, 0.2) is 19.3 Å². The third kappa shape index (κ3) is 5.01. The number of esters is 2. The Morgan fingerprint density at radius 1 is 0.852 bits per heavy atom. The van der Waals surface area contributed by atoms with Gasteiger partial charge in [-0.25, -0.2) is 0 Å². The van der Waals surface area contributed by atoms with Crippen molar-refractivity contribution >= 4 is 35.5 Å². The van der Waals surface area contributed by atoms with E-state index in [0.29, 0.717) is 22.2 Å². The zero-order valence-electron chi connectivity index (χ0n) is 15.4. The molecule has 0 spiro atoms. The fourth-order valence-corrected chi connectivity index (χ4v) is 3.10. The van der Waals surface area contributed by atoms with E-state index in [1.165, 1.54) is 37.7 Å². The molecule has 0 atom stereocenters. The van der Waals surface area contributed by atoms with E-state index in [2.05, 4.69) is 20.4 Å². The van der Waals surface area contributed by atoms with E-state index in [-0.39, 0.29) is 25.7 Å². The van der Waals surface area contributed by atoms with Gasteiger partial charge in [-0.1, -0.05) is 23.5 Å². The largest absolute Gasteiger partial charge is 0.468 e. The van der Waals surface area contributed by atoms with Crippen LogP contribution >= 0.6 is 23.5 Å². The Hall–Kier alpha value is -2.08. The van der Waals surface area contributed by atoms with Gasteiger partial charge in [0.05, 0.1) is 14.2 Å². The average molecular weight is 416 g/mol. The van der Waals surface area contributed by atoms with Crippen LogP contribution in [0.5, 0.6) is 0 Å². The minimum atomic E-state index is -1.55. The van der Waals surface area contributed by atoms with Crippen molar-refractivity contribution in [2.75, 3.05) is 26.7 Å². The van der Waals surface area contributed by atoms with Crippen LogP contribution in [0.1, 0.15) is 24.6 Å². The molecular weight excluding hydrogens is 396 g/mol. The average Bonchev–Trinajstić information content (AvgIpc) is 3.36. The fourth-order valence-electron chi connectivity index (χ4n) is 2.49. The molecule has 0 aliphatic rings. The van der Waals surface area contributed by atoms with Crippen LogP contribution in [0.4, 0.5) is 0 Å². The van der Waals surface area contributed by atoms with Crippen molar-refractivity contribution in [2.45, 2.75) is 36.1 Å². The highest BCUT2D eigenvalue weighted by Crippen LogP contribution is 2.34. The summed E-state index contributed by atoms with van der Waals surface area (Å²) in [5.41, 5.74) is -1.55. The van der Waals surface area contributed by atoms with E-state index in [1.54, 1.807) is 12.5 Å². The highest BCUT2D eigenvalue weighted by molar-refractivity contribution is 7.98. The molecule has 0 saturated heterocycles. The number of methoxy groups -OCH3 is 2. The summed E-state index contributed by atoms with van der Waals surface area (Å²) >= 11 is 2.61. The third-order valence-electron chi connectivity index (χ3n) is 3.93. The first-order chi connectivity index (χ1) is 13.0. The molecule has 0 bridgehead atoms. The van der Waals surface area contributed by atoms with Gasteiger partial charge in [-0.15, -0.1) is 20.4 Å². The van der Waals surface area contributed by atoms with E-state index in [4.69, 9.17) is 18.3 Å². The summed E-state index contributed by atoms with van der Waals surface area (Å²) in [7, 11) is 2.44. The van der Waals surface area contributed by atoms with E-state index in [0.717, 1.165) is 0 Å². The number of ether oxygens (including phenoxy) is 2. The molecule has 0 saturated carbocycles. The van der Waals surface area contributed by atoms with Crippen molar-refractivity contribution in [1.29, 1.82) is 0 Å². The molecule has 0 aliphatic carbocycles. The number of carbonyl (C=O) groups is 2. The molecule has 148 valence electrons. The standard InChI is InChI=1S/C15H20N4O6S2/c1-22-11(20)15(12(21)23-2,7-5-9-16-18-13(24-9)26-3)8-6-10-17-19-14(25-10)27-4/h5-8H2,1-4H3. The molecule has 10 nitrogen and oxygen atoms in total. The van der Waals surface area contributed by atoms with Crippen molar-refractivity contribution < 1.29 is 27.9 Å². The second-order valence-electron chi connectivity index (χ2n) is 5.40. The molecule has 0 aliphatic heterocycles. The number of hydrogen-bond acceptors (Lipinski definition) is 12. The number of aromatic nitrogens is 4. The van der Waals surface area contributed by atoms with Crippen LogP contribution in [0.2, 0.25) is 0 Å². The lowest BCUT2D eigenvalue weighted by Crippen LogP contribution is -2.42. The van der Waals surface area contributed by atoms with Crippen molar-refractivity contribution in [3.63, 3.8) is 0 Å². The van der Waals surface area contributed by atoms with Crippen LogP contribution in [0.3, 0.4) is 0 Å². The van der Waals surface area contributed by atoms with Gasteiger partial charge in [0.15, 0.2) is 5.41 Å². The Morgan fingerprint density at radius 3 is 1.56 bits per heavy atom. The number of thioether (sulfide) groups is 2. The molecule has 0 fully saturated rings. The van der Waals surface area contributed by atoms with E-state index in [1.807, 2.05) is 0 Å². The minimum Gasteiger partial charge on any atom is -0.468 e. The zero-order chi connectivity index (χ0) is 19.9. The van der Waals surface area contributed by atoms with Gasteiger partial charge in [0, 0.05) is 12.8 Å². The Labute approximate surface area is 164 Å². The Morgan fingerprint density at radius 2 is 1.26 bits per heavy atom. The summed E-state index contributed by atoms with van der Waals surface area (Å²) in [5, 5.41) is 16.3. The maximum Gasteiger partial charge on any atom is 0.323 e. The molecule has 0 unspecified atom stereocenters. The lowest BCUT2D eigenvalue weighted by molar-refractivity contribution is -0.170. The minimum absolute atomic E-state index is 0.0753. The quantitative estimate of drug-likeness (QED) is 0.318. The second-order valence-corrected chi connectivity index (χ2v) is 6.91. The highest BCUT2D eigenvalue weighted by Gasteiger charge is 2.48. The first-order valence-corrected chi connectivity index (χ1v) is 10.3. The van der Waals surface area contributed by atoms with Crippen molar-refractivity contribution in [2.24, 2.45) is 5.41 Å². The third-order valence-corrected chi connectivity index (χ3v) is 4.96. The Kier molecular flexibility index (Phi) is 7.66. The first-order valence-electron chi connectivity index (χ1n) is 7.88. The molecule has 2 aromatic heterocycles. The molecule has 12 heteroatoms. The summed E-state index contributed by atoms with van der Waals surface area (Å²) in [6, 6.07) is 0. The Bertz CT molecular complexity index is 714. The van der Waals surface area contributed by atoms with Crippen LogP contribution in [0.25, 0.3) is 0 Å². The van der Waals surface area contributed by atoms with Gasteiger partial charge < -0.3 is 18.3 Å². The van der Waals surface area contributed by atoms with E-state index in [9.17, 15) is 9.59 Å². The van der Waals surface area contributed by atoms with Crippen LogP contribution in [-0.2, 0) is 31.9 Å². The maximum atomic E-state index is 12.5. The molecule has 0 amide bonds. The van der Waals surface area contributed by atoms with E-state index < -0.39 is 17.4 Å². The molecule has 2 aromatic rings. The van der Waals surface area contributed by atoms with E-state index >= 15 is 0 Å². The number of aryl methyl sites for hydroxylation is 2. The molecule has 27 heavy (non-hydrogen) atoms. The van der Waals surface area contributed by atoms with Gasteiger partial charge in [0.25, 0.3) is 10.4 Å². The molecular formula is C15H20N4O6S2. The van der Waals surface area contributed by atoms with Gasteiger partial charge in [0.2, 0.25) is 11.8 Å².